The van der Waals surface area contributed by atoms with Crippen LogP contribution in [0.4, 0.5) is 0 Å². The summed E-state index contributed by atoms with van der Waals surface area (Å²) < 4.78 is 0. The molecule has 2 aliphatic heterocycles. The van der Waals surface area contributed by atoms with E-state index in [1.807, 2.05) is 4.90 Å². The van der Waals surface area contributed by atoms with E-state index >= 15 is 0 Å². The van der Waals surface area contributed by atoms with Crippen molar-refractivity contribution in [2.45, 2.75) is 32.2 Å². The molecule has 16 heavy (non-hydrogen) atoms. The van der Waals surface area contributed by atoms with Gasteiger partial charge in [-0.3, -0.25) is 9.69 Å². The van der Waals surface area contributed by atoms with Crippen molar-refractivity contribution in [3.63, 3.8) is 0 Å². The van der Waals surface area contributed by atoms with Crippen molar-refractivity contribution >= 4 is 5.91 Å². The van der Waals surface area contributed by atoms with Gasteiger partial charge in [0.05, 0.1) is 0 Å². The van der Waals surface area contributed by atoms with Crippen LogP contribution < -0.4 is 0 Å². The zero-order chi connectivity index (χ0) is 11.5. The summed E-state index contributed by atoms with van der Waals surface area (Å²) in [5.41, 5.74) is 0. The SMILES string of the molecule is CCN1CCCC1CN1CC(CO)CC1=O. The van der Waals surface area contributed by atoms with Crippen LogP contribution >= 0.6 is 0 Å². The van der Waals surface area contributed by atoms with Crippen LogP contribution in [0.5, 0.6) is 0 Å². The van der Waals surface area contributed by atoms with Crippen molar-refractivity contribution in [2.24, 2.45) is 5.92 Å². The highest BCUT2D eigenvalue weighted by Gasteiger charge is 2.33. The first-order valence-corrected chi connectivity index (χ1v) is 6.37. The molecule has 0 radical (unpaired) electrons. The molecule has 2 aliphatic rings. The van der Waals surface area contributed by atoms with Crippen molar-refractivity contribution in [1.82, 2.24) is 9.80 Å². The molecule has 2 saturated heterocycles. The number of hydrogen-bond acceptors (Lipinski definition) is 3. The summed E-state index contributed by atoms with van der Waals surface area (Å²) in [5, 5.41) is 9.07. The van der Waals surface area contributed by atoms with Crippen LogP contribution in [0.15, 0.2) is 0 Å². The summed E-state index contributed by atoms with van der Waals surface area (Å²) in [5.74, 6) is 0.394. The molecule has 0 aromatic heterocycles. The number of nitrogens with zero attached hydrogens (tertiary/aromatic N) is 2. The molecule has 0 spiro atoms. The number of likely N-dealkylation sites (N-methyl/N-ethyl adjacent to an activating group) is 1. The van der Waals surface area contributed by atoms with E-state index in [2.05, 4.69) is 11.8 Å². The molecule has 0 aromatic rings. The van der Waals surface area contributed by atoms with Crippen molar-refractivity contribution < 1.29 is 9.90 Å². The van der Waals surface area contributed by atoms with Crippen LogP contribution in [0.2, 0.25) is 0 Å². The second-order valence-electron chi connectivity index (χ2n) is 4.98. The Labute approximate surface area is 97.2 Å². The Morgan fingerprint density at radius 2 is 2.31 bits per heavy atom. The van der Waals surface area contributed by atoms with Gasteiger partial charge in [0.2, 0.25) is 5.91 Å². The Morgan fingerprint density at radius 3 is 2.94 bits per heavy atom. The van der Waals surface area contributed by atoms with E-state index < -0.39 is 0 Å². The maximum Gasteiger partial charge on any atom is 0.223 e. The molecule has 2 heterocycles. The Hall–Kier alpha value is -0.610. The molecular weight excluding hydrogens is 204 g/mol. The minimum atomic E-state index is 0.143. The molecule has 92 valence electrons. The molecule has 1 N–H and O–H groups in total. The molecule has 2 unspecified atom stereocenters. The first kappa shape index (κ1) is 11.9. The van der Waals surface area contributed by atoms with Gasteiger partial charge in [-0.2, -0.15) is 0 Å². The lowest BCUT2D eigenvalue weighted by molar-refractivity contribution is -0.128. The van der Waals surface area contributed by atoms with Gasteiger partial charge in [-0.05, 0) is 25.9 Å². The number of amides is 1. The maximum atomic E-state index is 11.7. The third-order valence-corrected chi connectivity index (χ3v) is 3.89. The molecule has 0 aromatic carbocycles. The summed E-state index contributed by atoms with van der Waals surface area (Å²) in [6.07, 6.45) is 3.00. The van der Waals surface area contributed by atoms with Crippen LogP contribution in [-0.2, 0) is 4.79 Å². The van der Waals surface area contributed by atoms with Crippen molar-refractivity contribution in [2.75, 3.05) is 32.8 Å². The summed E-state index contributed by atoms with van der Waals surface area (Å²) in [7, 11) is 0. The Balaban J connectivity index is 1.87. The van der Waals surface area contributed by atoms with Gasteiger partial charge < -0.3 is 10.0 Å². The van der Waals surface area contributed by atoms with Crippen LogP contribution in [0.3, 0.4) is 0 Å². The molecule has 0 bridgehead atoms. The van der Waals surface area contributed by atoms with E-state index in [9.17, 15) is 4.79 Å². The van der Waals surface area contributed by atoms with E-state index in [0.29, 0.717) is 12.5 Å². The predicted molar refractivity (Wildman–Crippen MR) is 62.0 cm³/mol. The standard InChI is InChI=1S/C12H22N2O2/c1-2-13-5-3-4-11(13)8-14-7-10(9-15)6-12(14)16/h10-11,15H,2-9H2,1H3. The quantitative estimate of drug-likeness (QED) is 0.750. The number of carbonyl (C=O) groups excluding carboxylic acids is 1. The lowest BCUT2D eigenvalue weighted by Gasteiger charge is -2.27. The van der Waals surface area contributed by atoms with Crippen molar-refractivity contribution in [1.29, 1.82) is 0 Å². The highest BCUT2D eigenvalue weighted by atomic mass is 16.3. The lowest BCUT2D eigenvalue weighted by Crippen LogP contribution is -2.41. The number of likely N-dealkylation sites (tertiary alicyclic amines) is 2. The maximum absolute atomic E-state index is 11.7. The molecule has 1 amide bonds. The number of hydrogen-bond donors (Lipinski definition) is 1. The number of rotatable bonds is 4. The normalized spacial score (nSPS) is 31.6. The average Bonchev–Trinajstić information content (AvgIpc) is 2.86. The summed E-state index contributed by atoms with van der Waals surface area (Å²) >= 11 is 0. The predicted octanol–water partition coefficient (Wildman–Crippen LogP) is 0.311. The third kappa shape index (κ3) is 2.38. The van der Waals surface area contributed by atoms with Gasteiger partial charge in [-0.25, -0.2) is 0 Å². The monoisotopic (exact) mass is 226 g/mol. The van der Waals surface area contributed by atoms with Gasteiger partial charge in [0.25, 0.3) is 0 Å². The molecular formula is C12H22N2O2. The van der Waals surface area contributed by atoms with Gasteiger partial charge >= 0.3 is 0 Å². The van der Waals surface area contributed by atoms with E-state index in [4.69, 9.17) is 5.11 Å². The van der Waals surface area contributed by atoms with Crippen LogP contribution in [0, 0.1) is 5.92 Å². The summed E-state index contributed by atoms with van der Waals surface area (Å²) in [6.45, 7) is 6.19. The Bertz CT molecular complexity index is 257. The second kappa shape index (κ2) is 5.15. The van der Waals surface area contributed by atoms with Crippen molar-refractivity contribution in [3.8, 4) is 0 Å². The van der Waals surface area contributed by atoms with E-state index in [1.54, 1.807) is 0 Å². The largest absolute Gasteiger partial charge is 0.396 e. The van der Waals surface area contributed by atoms with E-state index in [0.717, 1.165) is 19.6 Å². The first-order chi connectivity index (χ1) is 7.74. The fourth-order valence-electron chi connectivity index (χ4n) is 2.93. The summed E-state index contributed by atoms with van der Waals surface area (Å²) in [6, 6.07) is 0.548. The zero-order valence-electron chi connectivity index (χ0n) is 10.1. The topological polar surface area (TPSA) is 43.8 Å². The summed E-state index contributed by atoms with van der Waals surface area (Å²) in [4.78, 5) is 16.1. The minimum absolute atomic E-state index is 0.143. The fraction of sp³-hybridized carbons (Fsp3) is 0.917. The molecule has 0 saturated carbocycles. The van der Waals surface area contributed by atoms with Gasteiger partial charge in [-0.1, -0.05) is 6.92 Å². The third-order valence-electron chi connectivity index (χ3n) is 3.89. The zero-order valence-corrected chi connectivity index (χ0v) is 10.1. The number of carbonyl (C=O) groups is 1. The molecule has 2 atom stereocenters. The molecule has 4 heteroatoms. The smallest absolute Gasteiger partial charge is 0.223 e. The average molecular weight is 226 g/mol. The highest BCUT2D eigenvalue weighted by molar-refractivity contribution is 5.78. The highest BCUT2D eigenvalue weighted by Crippen LogP contribution is 2.22. The number of aliphatic hydroxyl groups is 1. The van der Waals surface area contributed by atoms with Crippen LogP contribution in [0.25, 0.3) is 0 Å². The molecule has 2 rings (SSSR count). The van der Waals surface area contributed by atoms with Gasteiger partial charge in [0, 0.05) is 38.1 Å². The van der Waals surface area contributed by atoms with Crippen molar-refractivity contribution in [3.05, 3.63) is 0 Å². The minimum Gasteiger partial charge on any atom is -0.396 e. The van der Waals surface area contributed by atoms with E-state index in [1.165, 1.54) is 19.4 Å². The molecule has 2 fully saturated rings. The lowest BCUT2D eigenvalue weighted by atomic mass is 10.1. The fourth-order valence-corrected chi connectivity index (χ4v) is 2.93. The second-order valence-corrected chi connectivity index (χ2v) is 4.98. The van der Waals surface area contributed by atoms with Gasteiger partial charge in [-0.15, -0.1) is 0 Å². The number of aliphatic hydroxyl groups excluding tert-OH is 1. The Morgan fingerprint density at radius 1 is 1.50 bits per heavy atom. The van der Waals surface area contributed by atoms with Gasteiger partial charge in [0.15, 0.2) is 0 Å². The van der Waals surface area contributed by atoms with Crippen LogP contribution in [0.1, 0.15) is 26.2 Å². The van der Waals surface area contributed by atoms with Crippen LogP contribution in [-0.4, -0.2) is 59.6 Å². The van der Waals surface area contributed by atoms with Gasteiger partial charge in [0.1, 0.15) is 0 Å². The Kier molecular flexibility index (Phi) is 3.82. The first-order valence-electron chi connectivity index (χ1n) is 6.37. The van der Waals surface area contributed by atoms with E-state index in [-0.39, 0.29) is 18.4 Å². The molecule has 0 aliphatic carbocycles. The molecule has 4 nitrogen and oxygen atoms in total.